The number of fused-ring (bicyclic) bond motifs is 2. The fourth-order valence-electron chi connectivity index (χ4n) is 4.61. The van der Waals surface area contributed by atoms with Crippen molar-refractivity contribution in [1.29, 1.82) is 0 Å². The maximum Gasteiger partial charge on any atom is 0.247 e. The summed E-state index contributed by atoms with van der Waals surface area (Å²) in [6.45, 7) is 3.48. The third-order valence-corrected chi connectivity index (χ3v) is 7.69. The Hall–Kier alpha value is -4.16. The summed E-state index contributed by atoms with van der Waals surface area (Å²) in [5, 5.41) is 7.92. The summed E-state index contributed by atoms with van der Waals surface area (Å²) in [6, 6.07) is 16.9. The van der Waals surface area contributed by atoms with Crippen molar-refractivity contribution in [3.05, 3.63) is 54.6 Å². The van der Waals surface area contributed by atoms with Gasteiger partial charge in [0.1, 0.15) is 0 Å². The van der Waals surface area contributed by atoms with Gasteiger partial charge in [-0.1, -0.05) is 12.1 Å². The molecule has 0 unspecified atom stereocenters. The van der Waals surface area contributed by atoms with Gasteiger partial charge in [-0.15, -0.1) is 5.10 Å². The molecule has 0 aliphatic carbocycles. The Bertz CT molecular complexity index is 1730. The summed E-state index contributed by atoms with van der Waals surface area (Å²) in [4.78, 5) is 16.7. The van der Waals surface area contributed by atoms with E-state index in [4.69, 9.17) is 5.73 Å². The van der Waals surface area contributed by atoms with E-state index >= 15 is 0 Å². The first-order valence-electron chi connectivity index (χ1n) is 11.9. The number of hydrogen-bond acceptors (Lipinski definition) is 9. The molecule has 0 spiro atoms. The molecule has 0 saturated carbocycles. The number of hydrogen-bond donors (Lipinski definition) is 3. The minimum Gasteiger partial charge on any atom is -0.369 e. The molecule has 4 heterocycles. The van der Waals surface area contributed by atoms with E-state index in [1.807, 2.05) is 42.5 Å². The maximum absolute atomic E-state index is 12.5. The van der Waals surface area contributed by atoms with Crippen LogP contribution in [0.1, 0.15) is 0 Å². The highest BCUT2D eigenvalue weighted by atomic mass is 32.2. The van der Waals surface area contributed by atoms with Crippen LogP contribution in [0.15, 0.2) is 59.5 Å². The number of pyridine rings is 1. The minimum absolute atomic E-state index is 0.253. The first-order valence-corrected chi connectivity index (χ1v) is 13.8. The van der Waals surface area contributed by atoms with Gasteiger partial charge in [-0.3, -0.25) is 0 Å². The van der Waals surface area contributed by atoms with E-state index in [9.17, 15) is 8.42 Å². The van der Waals surface area contributed by atoms with Gasteiger partial charge >= 0.3 is 0 Å². The van der Waals surface area contributed by atoms with E-state index in [0.29, 0.717) is 23.2 Å². The summed E-state index contributed by atoms with van der Waals surface area (Å²) < 4.78 is 26.7. The van der Waals surface area contributed by atoms with Gasteiger partial charge in [-0.25, -0.2) is 17.9 Å². The van der Waals surface area contributed by atoms with Gasteiger partial charge in [0.15, 0.2) is 21.4 Å². The van der Waals surface area contributed by atoms with Crippen molar-refractivity contribution in [2.75, 3.05) is 55.4 Å². The van der Waals surface area contributed by atoms with Gasteiger partial charge in [0, 0.05) is 49.4 Å². The van der Waals surface area contributed by atoms with Gasteiger partial charge in [0.25, 0.3) is 0 Å². The standard InChI is InChI=1S/C25H27N9O2S/c1-32-8-10-33(11-9-32)18-13-17(14-19(15-18)37(2,35)36)27-25-30-23-5-3-4-22(34(23)31-25)16-6-7-20-21(12-16)29-24(26)28-20/h3-7,12-15H,8-11H2,1-2H3,(H,27,31)(H3,26,28,29). The molecule has 1 saturated heterocycles. The fraction of sp³-hybridized carbons (Fsp3) is 0.240. The number of benzene rings is 2. The second-order valence-electron chi connectivity index (χ2n) is 9.37. The van der Waals surface area contributed by atoms with Crippen molar-refractivity contribution in [3.8, 4) is 11.3 Å². The minimum atomic E-state index is -3.41. The number of imidazole rings is 1. The average Bonchev–Trinajstić information content (AvgIpc) is 3.44. The summed E-state index contributed by atoms with van der Waals surface area (Å²) in [5.41, 5.74) is 11.3. The lowest BCUT2D eigenvalue weighted by Gasteiger charge is -2.34. The molecule has 0 radical (unpaired) electrons. The van der Waals surface area contributed by atoms with Crippen molar-refractivity contribution in [2.24, 2.45) is 0 Å². The zero-order chi connectivity index (χ0) is 25.7. The molecule has 11 nitrogen and oxygen atoms in total. The van der Waals surface area contributed by atoms with E-state index < -0.39 is 9.84 Å². The monoisotopic (exact) mass is 517 g/mol. The fourth-order valence-corrected chi connectivity index (χ4v) is 5.29. The number of anilines is 4. The van der Waals surface area contributed by atoms with Crippen LogP contribution in [0.25, 0.3) is 27.9 Å². The number of sulfone groups is 1. The van der Waals surface area contributed by atoms with Crippen LogP contribution in [0, 0.1) is 0 Å². The van der Waals surface area contributed by atoms with Crippen LogP contribution in [0.4, 0.5) is 23.3 Å². The van der Waals surface area contributed by atoms with Crippen LogP contribution in [0.5, 0.6) is 0 Å². The highest BCUT2D eigenvalue weighted by molar-refractivity contribution is 7.90. The van der Waals surface area contributed by atoms with Gasteiger partial charge in [0.05, 0.1) is 21.6 Å². The molecule has 2 aromatic carbocycles. The summed E-state index contributed by atoms with van der Waals surface area (Å²) in [7, 11) is -1.33. The smallest absolute Gasteiger partial charge is 0.247 e. The molecule has 0 amide bonds. The molecule has 1 fully saturated rings. The molecule has 5 aromatic rings. The Morgan fingerprint density at radius 1 is 1.00 bits per heavy atom. The Labute approximate surface area is 213 Å². The molecule has 4 N–H and O–H groups in total. The van der Waals surface area contributed by atoms with Crippen LogP contribution in [0.3, 0.4) is 0 Å². The molecule has 0 bridgehead atoms. The number of nitrogen functional groups attached to an aromatic ring is 1. The van der Waals surface area contributed by atoms with Crippen molar-refractivity contribution in [2.45, 2.75) is 4.90 Å². The van der Waals surface area contributed by atoms with Crippen LogP contribution < -0.4 is 16.0 Å². The topological polar surface area (TPSA) is 138 Å². The largest absolute Gasteiger partial charge is 0.369 e. The zero-order valence-corrected chi connectivity index (χ0v) is 21.3. The van der Waals surface area contributed by atoms with Gasteiger partial charge in [-0.05, 0) is 49.5 Å². The Morgan fingerprint density at radius 3 is 2.59 bits per heavy atom. The van der Waals surface area contributed by atoms with E-state index in [1.165, 1.54) is 6.26 Å². The van der Waals surface area contributed by atoms with Crippen LogP contribution in [0.2, 0.25) is 0 Å². The lowest BCUT2D eigenvalue weighted by molar-refractivity contribution is 0.313. The molecule has 12 heteroatoms. The van der Waals surface area contributed by atoms with Gasteiger partial charge in [0.2, 0.25) is 5.95 Å². The number of aromatic amines is 1. The third-order valence-electron chi connectivity index (χ3n) is 6.60. The van der Waals surface area contributed by atoms with Crippen molar-refractivity contribution in [1.82, 2.24) is 29.5 Å². The summed E-state index contributed by atoms with van der Waals surface area (Å²) in [5.74, 6) is 0.735. The quantitative estimate of drug-likeness (QED) is 0.321. The lowest BCUT2D eigenvalue weighted by atomic mass is 10.1. The number of nitrogens with one attached hydrogen (secondary N) is 2. The maximum atomic E-state index is 12.5. The Balaban J connectivity index is 1.37. The van der Waals surface area contributed by atoms with Gasteiger partial charge < -0.3 is 25.8 Å². The molecule has 1 aliphatic rings. The Morgan fingerprint density at radius 2 is 1.81 bits per heavy atom. The number of aromatic nitrogens is 5. The number of likely N-dealkylation sites (N-methyl/N-ethyl adjacent to an activating group) is 1. The van der Waals surface area contributed by atoms with E-state index in [0.717, 1.165) is 54.2 Å². The van der Waals surface area contributed by atoms with Crippen molar-refractivity contribution >= 4 is 49.8 Å². The second-order valence-corrected chi connectivity index (χ2v) is 11.4. The molecular formula is C25H27N9O2S. The molecule has 0 atom stereocenters. The highest BCUT2D eigenvalue weighted by Gasteiger charge is 2.19. The molecule has 3 aromatic heterocycles. The normalized spacial score (nSPS) is 15.0. The zero-order valence-electron chi connectivity index (χ0n) is 20.5. The number of piperazine rings is 1. The van der Waals surface area contributed by atoms with Crippen LogP contribution >= 0.6 is 0 Å². The number of H-pyrrole nitrogens is 1. The summed E-state index contributed by atoms with van der Waals surface area (Å²) >= 11 is 0. The first-order chi connectivity index (χ1) is 17.7. The molecule has 1 aliphatic heterocycles. The third kappa shape index (κ3) is 4.56. The SMILES string of the molecule is CN1CCN(c2cc(Nc3nc4cccc(-c5ccc6nc(N)[nH]c6c5)n4n3)cc(S(C)(=O)=O)c2)CC1. The van der Waals surface area contributed by atoms with Crippen LogP contribution in [-0.4, -0.2) is 77.4 Å². The number of nitrogens with zero attached hydrogens (tertiary/aromatic N) is 6. The van der Waals surface area contributed by atoms with E-state index in [1.54, 1.807) is 16.6 Å². The number of rotatable bonds is 5. The molecular weight excluding hydrogens is 490 g/mol. The Kier molecular flexibility index (Phi) is 5.50. The lowest BCUT2D eigenvalue weighted by Crippen LogP contribution is -2.44. The second kappa shape index (κ2) is 8.75. The van der Waals surface area contributed by atoms with Crippen molar-refractivity contribution in [3.63, 3.8) is 0 Å². The molecule has 190 valence electrons. The number of nitrogens with two attached hydrogens (primary N) is 1. The highest BCUT2D eigenvalue weighted by Crippen LogP contribution is 2.29. The molecule has 37 heavy (non-hydrogen) atoms. The van der Waals surface area contributed by atoms with Crippen LogP contribution in [-0.2, 0) is 9.84 Å². The van der Waals surface area contributed by atoms with Gasteiger partial charge in [-0.2, -0.15) is 4.98 Å². The van der Waals surface area contributed by atoms with E-state index in [2.05, 4.69) is 42.2 Å². The predicted molar refractivity (Wildman–Crippen MR) is 145 cm³/mol. The molecule has 6 rings (SSSR count). The predicted octanol–water partition coefficient (Wildman–Crippen LogP) is 2.75. The first kappa shape index (κ1) is 23.3. The van der Waals surface area contributed by atoms with Crippen molar-refractivity contribution < 1.29 is 8.42 Å². The average molecular weight is 518 g/mol. The summed E-state index contributed by atoms with van der Waals surface area (Å²) in [6.07, 6.45) is 1.22. The van der Waals surface area contributed by atoms with E-state index in [-0.39, 0.29) is 4.90 Å².